The maximum Gasteiger partial charge on any atom is 0.0132 e. The molecular weight excluding hydrogens is 749 g/mol. The van der Waals surface area contributed by atoms with Gasteiger partial charge in [0.25, 0.3) is 0 Å². The molecule has 10 saturated carbocycles. The van der Waals surface area contributed by atoms with Crippen LogP contribution in [-0.4, -0.2) is 46.1 Å². The van der Waals surface area contributed by atoms with Gasteiger partial charge in [0.05, 0.1) is 0 Å². The molecule has 354 valence electrons. The Kier molecular flexibility index (Phi) is 14.4. The lowest BCUT2D eigenvalue weighted by Gasteiger charge is -2.64. The number of rotatable bonds is 8. The molecule has 10 fully saturated rings. The monoisotopic (exact) mass is 853 g/mol. The van der Waals surface area contributed by atoms with Crippen molar-refractivity contribution < 1.29 is 0 Å². The van der Waals surface area contributed by atoms with Crippen LogP contribution in [0.2, 0.25) is 0 Å². The van der Waals surface area contributed by atoms with Gasteiger partial charge in [-0.2, -0.15) is 0 Å². The Morgan fingerprint density at radius 1 is 0.242 bits per heavy atom. The molecular formula is C60H104N2. The fourth-order valence-corrected chi connectivity index (χ4v) is 21.7. The highest BCUT2D eigenvalue weighted by molar-refractivity contribution is 5.10. The van der Waals surface area contributed by atoms with Gasteiger partial charge in [0.1, 0.15) is 0 Å². The topological polar surface area (TPSA) is 6.48 Å². The van der Waals surface area contributed by atoms with Gasteiger partial charge in [-0.25, -0.2) is 0 Å². The molecule has 0 aromatic heterocycles. The third-order valence-corrected chi connectivity index (χ3v) is 23.6. The summed E-state index contributed by atoms with van der Waals surface area (Å²) in [5.74, 6) is 17.9. The Morgan fingerprint density at radius 3 is 0.823 bits per heavy atom. The van der Waals surface area contributed by atoms with Crippen LogP contribution in [0.1, 0.15) is 235 Å². The minimum absolute atomic E-state index is 0.887. The zero-order valence-electron chi connectivity index (χ0n) is 42.5. The van der Waals surface area contributed by atoms with Gasteiger partial charge in [0.2, 0.25) is 0 Å². The number of hydrogen-bond acceptors (Lipinski definition) is 2. The fraction of sp³-hybridized carbons (Fsp3) is 1.00. The highest BCUT2D eigenvalue weighted by Gasteiger charge is 2.59. The Bertz CT molecular complexity index is 1280. The van der Waals surface area contributed by atoms with Crippen LogP contribution in [0.3, 0.4) is 0 Å². The predicted octanol–water partition coefficient (Wildman–Crippen LogP) is 16.1. The molecule has 12 unspecified atom stereocenters. The third-order valence-electron chi connectivity index (χ3n) is 23.6. The van der Waals surface area contributed by atoms with Gasteiger partial charge < -0.3 is 0 Å². The second kappa shape index (κ2) is 19.5. The average molecular weight is 854 g/mol. The second-order valence-electron chi connectivity index (χ2n) is 27.5. The van der Waals surface area contributed by atoms with E-state index in [1.54, 1.807) is 77.0 Å². The summed E-state index contributed by atoms with van der Waals surface area (Å²) in [5, 5.41) is 0. The van der Waals surface area contributed by atoms with Crippen LogP contribution in [0, 0.1) is 107 Å². The molecule has 0 bridgehead atoms. The molecule has 2 heteroatoms. The molecule has 0 aliphatic heterocycles. The number of hydrogen-bond donors (Lipinski definition) is 0. The van der Waals surface area contributed by atoms with E-state index in [1.165, 1.54) is 103 Å². The first-order valence-corrected chi connectivity index (χ1v) is 29.6. The van der Waals surface area contributed by atoms with Crippen molar-refractivity contribution in [2.45, 2.75) is 271 Å². The average Bonchev–Trinajstić information content (AvgIpc) is 3.25. The maximum absolute atomic E-state index is 3.45. The lowest BCUT2D eigenvalue weighted by molar-refractivity contribution is -0.151. The predicted molar refractivity (Wildman–Crippen MR) is 264 cm³/mol. The molecule has 12 atom stereocenters. The van der Waals surface area contributed by atoms with Gasteiger partial charge in [0.15, 0.2) is 0 Å². The van der Waals surface area contributed by atoms with E-state index in [1.807, 2.05) is 0 Å². The van der Waals surface area contributed by atoms with Gasteiger partial charge in [-0.3, -0.25) is 9.80 Å². The summed E-state index contributed by atoms with van der Waals surface area (Å²) in [6, 6.07) is 5.37. The van der Waals surface area contributed by atoms with Crippen molar-refractivity contribution in [1.82, 2.24) is 9.80 Å². The normalized spacial score (nSPS) is 53.9. The van der Waals surface area contributed by atoms with Gasteiger partial charge in [-0.05, 0) is 286 Å². The fourth-order valence-electron chi connectivity index (χ4n) is 21.7. The van der Waals surface area contributed by atoms with Crippen LogP contribution in [0.4, 0.5) is 0 Å². The maximum atomic E-state index is 3.45. The second-order valence-corrected chi connectivity index (χ2v) is 27.5. The Balaban J connectivity index is 0.881. The van der Waals surface area contributed by atoms with Crippen molar-refractivity contribution >= 4 is 0 Å². The minimum Gasteiger partial charge on any atom is -0.294 e. The van der Waals surface area contributed by atoms with Crippen LogP contribution >= 0.6 is 0 Å². The van der Waals surface area contributed by atoms with Crippen molar-refractivity contribution in [3.05, 3.63) is 0 Å². The summed E-state index contributed by atoms with van der Waals surface area (Å²) in [5.41, 5.74) is 0. The van der Waals surface area contributed by atoms with E-state index in [9.17, 15) is 0 Å². The summed E-state index contributed by atoms with van der Waals surface area (Å²) in [7, 11) is 0. The van der Waals surface area contributed by atoms with Gasteiger partial charge in [-0.1, -0.05) is 55.4 Å². The summed E-state index contributed by atoms with van der Waals surface area (Å²) in [6.45, 7) is 20.9. The van der Waals surface area contributed by atoms with Gasteiger partial charge in [-0.15, -0.1) is 0 Å². The first kappa shape index (κ1) is 45.7. The van der Waals surface area contributed by atoms with E-state index >= 15 is 0 Å². The smallest absolute Gasteiger partial charge is 0.0132 e. The van der Waals surface area contributed by atoms with Crippen molar-refractivity contribution in [3.63, 3.8) is 0 Å². The van der Waals surface area contributed by atoms with Crippen molar-refractivity contribution in [2.75, 3.05) is 0 Å². The van der Waals surface area contributed by atoms with Crippen LogP contribution in [-0.2, 0) is 0 Å². The van der Waals surface area contributed by atoms with E-state index in [2.05, 4.69) is 65.2 Å². The van der Waals surface area contributed by atoms with Crippen molar-refractivity contribution in [2.24, 2.45) is 107 Å². The molecule has 0 radical (unpaired) electrons. The molecule has 0 heterocycles. The minimum atomic E-state index is 0.887. The molecule has 10 rings (SSSR count). The molecule has 2 nitrogen and oxygen atoms in total. The first-order chi connectivity index (χ1) is 30.0. The molecule has 0 saturated heterocycles. The number of nitrogens with zero attached hydrogens (tertiary/aromatic N) is 2. The van der Waals surface area contributed by atoms with E-state index in [0.29, 0.717) is 0 Å². The van der Waals surface area contributed by atoms with Crippen LogP contribution < -0.4 is 0 Å². The molecule has 0 spiro atoms. The van der Waals surface area contributed by atoms with Crippen molar-refractivity contribution in [3.8, 4) is 0 Å². The van der Waals surface area contributed by atoms with Crippen LogP contribution in [0.15, 0.2) is 0 Å². The standard InChI is InChI=1S/C60H104N2/c1-37-9-21-49(22-10-37)61(51-25-13-45(14-26-51)57-41(5)33-39(3)34-42(57)6)55-31-19-47-18-30-54-56(32-20-48-17-29-53(55)59(47)60(48)54)62(50-23-11-38(2)12-24-50)52-27-15-46(16-28-52)58-43(7)35-40(4)36-44(58)8/h37-60H,9-36H2,1-8H3. The Hall–Kier alpha value is -0.0800. The SMILES string of the molecule is CC1CCC(N(C2CCC(C3C(C)CC(C)CC3C)CC2)C2CCC3CCC4C5C(CCC2C35)CCC4N(C2CCC(C)CC2)C2CCC(C3C(C)CC(C)CC3C)CC2)CC1. The molecule has 10 aliphatic rings. The lowest BCUT2D eigenvalue weighted by Crippen LogP contribution is -2.64. The van der Waals surface area contributed by atoms with E-state index in [0.717, 1.165) is 143 Å². The van der Waals surface area contributed by atoms with E-state index < -0.39 is 0 Å². The summed E-state index contributed by atoms with van der Waals surface area (Å²) >= 11 is 0. The zero-order valence-corrected chi connectivity index (χ0v) is 42.5. The summed E-state index contributed by atoms with van der Waals surface area (Å²) in [4.78, 5) is 6.90. The quantitative estimate of drug-likeness (QED) is 0.240. The molecule has 10 aliphatic carbocycles. The van der Waals surface area contributed by atoms with Crippen molar-refractivity contribution in [1.29, 1.82) is 0 Å². The highest BCUT2D eigenvalue weighted by atomic mass is 15.2. The Morgan fingerprint density at radius 2 is 0.500 bits per heavy atom. The highest BCUT2D eigenvalue weighted by Crippen LogP contribution is 2.63. The van der Waals surface area contributed by atoms with Crippen LogP contribution in [0.25, 0.3) is 0 Å². The molecule has 0 amide bonds. The zero-order chi connectivity index (χ0) is 42.8. The Labute approximate surface area is 386 Å². The molecule has 0 aromatic rings. The first-order valence-electron chi connectivity index (χ1n) is 29.6. The molecule has 0 N–H and O–H groups in total. The largest absolute Gasteiger partial charge is 0.294 e. The van der Waals surface area contributed by atoms with E-state index in [-0.39, 0.29) is 0 Å². The van der Waals surface area contributed by atoms with Gasteiger partial charge in [0, 0.05) is 36.3 Å². The summed E-state index contributed by atoms with van der Waals surface area (Å²) in [6.07, 6.45) is 43.0. The molecule has 0 aromatic carbocycles. The van der Waals surface area contributed by atoms with E-state index in [4.69, 9.17) is 0 Å². The lowest BCUT2D eigenvalue weighted by atomic mass is 9.46. The van der Waals surface area contributed by atoms with Gasteiger partial charge >= 0.3 is 0 Å². The summed E-state index contributed by atoms with van der Waals surface area (Å²) < 4.78 is 0. The molecule has 62 heavy (non-hydrogen) atoms. The van der Waals surface area contributed by atoms with Crippen LogP contribution in [0.5, 0.6) is 0 Å². The third kappa shape index (κ3) is 9.01.